The minimum absolute atomic E-state index is 0.149. The summed E-state index contributed by atoms with van der Waals surface area (Å²) in [5, 5.41) is 19.5. The van der Waals surface area contributed by atoms with Gasteiger partial charge in [-0.2, -0.15) is 0 Å². The van der Waals surface area contributed by atoms with Gasteiger partial charge in [0.1, 0.15) is 0 Å². The second kappa shape index (κ2) is 5.99. The number of hydrogen-bond donors (Lipinski definition) is 2. The highest BCUT2D eigenvalue weighted by atomic mass is 16.3. The number of hydrogen-bond acceptors (Lipinski definition) is 3. The minimum atomic E-state index is -0.735. The van der Waals surface area contributed by atoms with E-state index in [1.807, 2.05) is 6.07 Å². The van der Waals surface area contributed by atoms with Crippen LogP contribution in [0.2, 0.25) is 0 Å². The van der Waals surface area contributed by atoms with Crippen LogP contribution in [0.5, 0.6) is 0 Å². The van der Waals surface area contributed by atoms with Gasteiger partial charge in [-0.15, -0.1) is 0 Å². The topological polar surface area (TPSA) is 57.5 Å². The Morgan fingerprint density at radius 1 is 0.950 bits per heavy atom. The van der Waals surface area contributed by atoms with Crippen LogP contribution >= 0.6 is 0 Å². The van der Waals surface area contributed by atoms with Crippen molar-refractivity contribution in [3.8, 4) is 0 Å². The molecule has 2 aromatic rings. The van der Waals surface area contributed by atoms with Gasteiger partial charge in [0.15, 0.2) is 5.78 Å². The predicted octanol–water partition coefficient (Wildman–Crippen LogP) is 3.02. The number of aliphatic hydroxyl groups excluding tert-OH is 2. The third-order valence-electron chi connectivity index (χ3n) is 3.29. The lowest BCUT2D eigenvalue weighted by Gasteiger charge is -2.14. The first-order valence-electron chi connectivity index (χ1n) is 6.60. The number of aliphatic hydroxyl groups is 2. The molecular formula is C17H18O3. The van der Waals surface area contributed by atoms with Crippen molar-refractivity contribution in [1.82, 2.24) is 0 Å². The Kier molecular flexibility index (Phi) is 4.32. The van der Waals surface area contributed by atoms with Crippen LogP contribution in [-0.4, -0.2) is 16.0 Å². The molecule has 0 radical (unpaired) electrons. The summed E-state index contributed by atoms with van der Waals surface area (Å²) in [4.78, 5) is 12.6. The van der Waals surface area contributed by atoms with Crippen molar-refractivity contribution < 1.29 is 15.0 Å². The molecule has 0 saturated carbocycles. The van der Waals surface area contributed by atoms with E-state index in [9.17, 15) is 15.0 Å². The van der Waals surface area contributed by atoms with Gasteiger partial charge in [-0.3, -0.25) is 4.79 Å². The van der Waals surface area contributed by atoms with Gasteiger partial charge in [0.2, 0.25) is 0 Å². The van der Waals surface area contributed by atoms with E-state index in [0.717, 1.165) is 0 Å². The quantitative estimate of drug-likeness (QED) is 0.840. The zero-order valence-corrected chi connectivity index (χ0v) is 11.6. The Morgan fingerprint density at radius 2 is 1.60 bits per heavy atom. The van der Waals surface area contributed by atoms with Gasteiger partial charge in [-0.05, 0) is 31.0 Å². The van der Waals surface area contributed by atoms with Crippen LogP contribution in [0.3, 0.4) is 0 Å². The molecule has 2 aromatic carbocycles. The van der Waals surface area contributed by atoms with Gasteiger partial charge >= 0.3 is 0 Å². The highest BCUT2D eigenvalue weighted by Crippen LogP contribution is 2.24. The molecule has 0 amide bonds. The lowest BCUT2D eigenvalue weighted by atomic mass is 9.93. The molecule has 104 valence electrons. The average Bonchev–Trinajstić information content (AvgIpc) is 2.46. The van der Waals surface area contributed by atoms with Crippen molar-refractivity contribution in [2.24, 2.45) is 0 Å². The Balaban J connectivity index is 2.53. The predicted molar refractivity (Wildman–Crippen MR) is 77.6 cm³/mol. The van der Waals surface area contributed by atoms with Crippen LogP contribution in [0.4, 0.5) is 0 Å². The summed E-state index contributed by atoms with van der Waals surface area (Å²) in [7, 11) is 0. The molecule has 2 rings (SSSR count). The summed E-state index contributed by atoms with van der Waals surface area (Å²) in [6, 6.07) is 14.0. The van der Waals surface area contributed by atoms with E-state index < -0.39 is 12.2 Å². The van der Waals surface area contributed by atoms with Gasteiger partial charge in [-0.25, -0.2) is 0 Å². The highest BCUT2D eigenvalue weighted by Gasteiger charge is 2.18. The number of carbonyl (C=O) groups is 1. The maximum atomic E-state index is 12.6. The molecule has 0 heterocycles. The molecule has 0 aliphatic carbocycles. The molecule has 0 fully saturated rings. The Morgan fingerprint density at radius 3 is 2.15 bits per heavy atom. The van der Waals surface area contributed by atoms with Crippen molar-refractivity contribution >= 4 is 5.78 Å². The molecule has 3 heteroatoms. The number of rotatable bonds is 4. The second-order valence-corrected chi connectivity index (χ2v) is 4.89. The third kappa shape index (κ3) is 2.95. The van der Waals surface area contributed by atoms with Crippen molar-refractivity contribution in [2.45, 2.75) is 26.1 Å². The van der Waals surface area contributed by atoms with Crippen LogP contribution < -0.4 is 0 Å². The zero-order valence-electron chi connectivity index (χ0n) is 11.6. The smallest absolute Gasteiger partial charge is 0.193 e. The summed E-state index contributed by atoms with van der Waals surface area (Å²) >= 11 is 0. The minimum Gasteiger partial charge on any atom is -0.389 e. The Hall–Kier alpha value is -1.97. The standard InChI is InChI=1S/C17H18O3/c1-11(18)14-8-9-15(12(2)19)16(10-14)17(20)13-6-4-3-5-7-13/h3-12,18-19H,1-2H3. The monoisotopic (exact) mass is 270 g/mol. The lowest BCUT2D eigenvalue weighted by Crippen LogP contribution is -2.09. The summed E-state index contributed by atoms with van der Waals surface area (Å²) in [6.07, 6.45) is -1.39. The summed E-state index contributed by atoms with van der Waals surface area (Å²) in [6.45, 7) is 3.27. The van der Waals surface area contributed by atoms with E-state index in [1.165, 1.54) is 0 Å². The molecule has 2 atom stereocenters. The van der Waals surface area contributed by atoms with Gasteiger partial charge in [-0.1, -0.05) is 42.5 Å². The third-order valence-corrected chi connectivity index (χ3v) is 3.29. The fraction of sp³-hybridized carbons (Fsp3) is 0.235. The fourth-order valence-electron chi connectivity index (χ4n) is 2.14. The van der Waals surface area contributed by atoms with Crippen LogP contribution in [0.25, 0.3) is 0 Å². The first-order valence-corrected chi connectivity index (χ1v) is 6.60. The molecule has 0 bridgehead atoms. The largest absolute Gasteiger partial charge is 0.389 e. The first-order chi connectivity index (χ1) is 9.50. The molecule has 0 saturated heterocycles. The van der Waals surface area contributed by atoms with Gasteiger partial charge in [0.05, 0.1) is 12.2 Å². The van der Waals surface area contributed by atoms with Crippen molar-refractivity contribution in [2.75, 3.05) is 0 Å². The second-order valence-electron chi connectivity index (χ2n) is 4.89. The van der Waals surface area contributed by atoms with E-state index in [0.29, 0.717) is 22.3 Å². The highest BCUT2D eigenvalue weighted by molar-refractivity contribution is 6.10. The molecule has 3 nitrogen and oxygen atoms in total. The first kappa shape index (κ1) is 14.4. The maximum Gasteiger partial charge on any atom is 0.193 e. The molecule has 20 heavy (non-hydrogen) atoms. The maximum absolute atomic E-state index is 12.6. The Bertz CT molecular complexity index is 601. The number of benzene rings is 2. The van der Waals surface area contributed by atoms with E-state index in [2.05, 4.69) is 0 Å². The van der Waals surface area contributed by atoms with E-state index in [1.54, 1.807) is 56.3 Å². The van der Waals surface area contributed by atoms with Crippen LogP contribution in [0, 0.1) is 0 Å². The lowest BCUT2D eigenvalue weighted by molar-refractivity contribution is 0.103. The number of ketones is 1. The zero-order chi connectivity index (χ0) is 14.7. The van der Waals surface area contributed by atoms with E-state index in [-0.39, 0.29) is 5.78 Å². The van der Waals surface area contributed by atoms with E-state index >= 15 is 0 Å². The molecular weight excluding hydrogens is 252 g/mol. The molecule has 0 aromatic heterocycles. The Labute approximate surface area is 118 Å². The number of carbonyl (C=O) groups excluding carboxylic acids is 1. The SMILES string of the molecule is CC(O)c1ccc(C(C)O)c(C(=O)c2ccccc2)c1. The van der Waals surface area contributed by atoms with Crippen molar-refractivity contribution in [3.63, 3.8) is 0 Å². The molecule has 2 N–H and O–H groups in total. The molecule has 0 aliphatic rings. The summed E-state index contributed by atoms with van der Waals surface area (Å²) in [5.74, 6) is -0.149. The van der Waals surface area contributed by atoms with Crippen molar-refractivity contribution in [1.29, 1.82) is 0 Å². The van der Waals surface area contributed by atoms with E-state index in [4.69, 9.17) is 0 Å². The summed E-state index contributed by atoms with van der Waals surface area (Å²) in [5.41, 5.74) is 2.23. The average molecular weight is 270 g/mol. The van der Waals surface area contributed by atoms with Gasteiger partial charge in [0.25, 0.3) is 0 Å². The fourth-order valence-corrected chi connectivity index (χ4v) is 2.14. The molecule has 0 aliphatic heterocycles. The van der Waals surface area contributed by atoms with Crippen LogP contribution in [-0.2, 0) is 0 Å². The van der Waals surface area contributed by atoms with Crippen LogP contribution in [0.15, 0.2) is 48.5 Å². The normalized spacial score (nSPS) is 13.8. The van der Waals surface area contributed by atoms with Gasteiger partial charge in [0, 0.05) is 11.1 Å². The van der Waals surface area contributed by atoms with Crippen molar-refractivity contribution in [3.05, 3.63) is 70.8 Å². The summed E-state index contributed by atoms with van der Waals surface area (Å²) < 4.78 is 0. The molecule has 2 unspecified atom stereocenters. The van der Waals surface area contributed by atoms with Gasteiger partial charge < -0.3 is 10.2 Å². The molecule has 0 spiro atoms. The van der Waals surface area contributed by atoms with Crippen LogP contribution in [0.1, 0.15) is 53.1 Å².